The van der Waals surface area contributed by atoms with Gasteiger partial charge in [0, 0.05) is 6.42 Å². The van der Waals surface area contributed by atoms with Crippen molar-refractivity contribution >= 4 is 5.91 Å². The normalized spacial score (nSPS) is 13.8. The number of nitrogens with one attached hydrogen (secondary N) is 1. The van der Waals surface area contributed by atoms with Crippen LogP contribution in [0.5, 0.6) is 0 Å². The Hall–Kier alpha value is -1.65. The van der Waals surface area contributed by atoms with Crippen LogP contribution in [-0.2, 0) is 4.79 Å². The Morgan fingerprint density at radius 1 is 0.641 bits per heavy atom. The van der Waals surface area contributed by atoms with Gasteiger partial charge in [0.25, 0.3) is 0 Å². The highest BCUT2D eigenvalue weighted by atomic mass is 16.3. The van der Waals surface area contributed by atoms with Crippen LogP contribution in [-0.4, -0.2) is 34.9 Å². The number of unbranched alkanes of at least 4 members (excludes halogenated alkanes) is 16. The van der Waals surface area contributed by atoms with Crippen molar-refractivity contribution in [2.75, 3.05) is 6.61 Å². The molecule has 0 fully saturated rings. The molecule has 0 heterocycles. The summed E-state index contributed by atoms with van der Waals surface area (Å²) in [5.74, 6) is -0.0926. The van der Waals surface area contributed by atoms with Crippen molar-refractivity contribution in [2.24, 2.45) is 0 Å². The van der Waals surface area contributed by atoms with Crippen molar-refractivity contribution in [2.45, 2.75) is 161 Å². The van der Waals surface area contributed by atoms with Gasteiger partial charge in [-0.1, -0.05) is 126 Å². The van der Waals surface area contributed by atoms with Crippen molar-refractivity contribution in [3.05, 3.63) is 48.6 Å². The van der Waals surface area contributed by atoms with Crippen molar-refractivity contribution in [1.82, 2.24) is 5.32 Å². The topological polar surface area (TPSA) is 69.6 Å². The summed E-state index contributed by atoms with van der Waals surface area (Å²) in [6.07, 6.45) is 40.6. The summed E-state index contributed by atoms with van der Waals surface area (Å²) in [7, 11) is 0. The molecule has 1 amide bonds. The number of hydrogen-bond donors (Lipinski definition) is 3. The van der Waals surface area contributed by atoms with Gasteiger partial charge in [0.15, 0.2) is 0 Å². The number of carbonyl (C=O) groups is 1. The van der Waals surface area contributed by atoms with Gasteiger partial charge >= 0.3 is 0 Å². The van der Waals surface area contributed by atoms with Gasteiger partial charge in [-0.3, -0.25) is 4.79 Å². The zero-order valence-electron chi connectivity index (χ0n) is 25.6. The molecule has 39 heavy (non-hydrogen) atoms. The van der Waals surface area contributed by atoms with E-state index in [1.165, 1.54) is 77.0 Å². The molecule has 0 aromatic heterocycles. The van der Waals surface area contributed by atoms with Gasteiger partial charge in [0.1, 0.15) is 0 Å². The number of amides is 1. The first kappa shape index (κ1) is 37.4. The Bertz CT molecular complexity index is 638. The van der Waals surface area contributed by atoms with Crippen LogP contribution in [0.3, 0.4) is 0 Å². The number of aliphatic hydroxyl groups is 2. The molecule has 0 radical (unpaired) electrons. The molecular formula is C35H63NO3. The van der Waals surface area contributed by atoms with Crippen LogP contribution in [0.15, 0.2) is 48.6 Å². The van der Waals surface area contributed by atoms with E-state index in [9.17, 15) is 15.0 Å². The smallest absolute Gasteiger partial charge is 0.220 e. The predicted molar refractivity (Wildman–Crippen MR) is 170 cm³/mol. The minimum atomic E-state index is -0.869. The largest absolute Gasteiger partial charge is 0.394 e. The Kier molecular flexibility index (Phi) is 29.6. The Labute approximate surface area is 242 Å². The summed E-state index contributed by atoms with van der Waals surface area (Å²) >= 11 is 0. The summed E-state index contributed by atoms with van der Waals surface area (Å²) in [5.41, 5.74) is 0. The fourth-order valence-corrected chi connectivity index (χ4v) is 4.56. The van der Waals surface area contributed by atoms with Gasteiger partial charge in [-0.25, -0.2) is 0 Å². The summed E-state index contributed by atoms with van der Waals surface area (Å²) in [4.78, 5) is 12.2. The molecule has 4 nitrogen and oxygen atoms in total. The van der Waals surface area contributed by atoms with E-state index in [4.69, 9.17) is 0 Å². The summed E-state index contributed by atoms with van der Waals surface area (Å²) < 4.78 is 0. The second kappa shape index (κ2) is 30.9. The van der Waals surface area contributed by atoms with E-state index in [2.05, 4.69) is 48.7 Å². The van der Waals surface area contributed by atoms with Gasteiger partial charge in [0.05, 0.1) is 18.8 Å². The van der Waals surface area contributed by atoms with Gasteiger partial charge in [-0.15, -0.1) is 0 Å². The molecule has 0 bridgehead atoms. The molecule has 0 saturated carbocycles. The van der Waals surface area contributed by atoms with Crippen LogP contribution in [0.2, 0.25) is 0 Å². The third-order valence-electron chi connectivity index (χ3n) is 7.11. The standard InChI is InChI=1S/C35H63NO3/c1-3-5-7-9-11-13-14-15-16-17-18-19-20-21-23-25-27-29-31-35(39)36-33(32-37)34(38)30-28-26-24-22-12-10-8-6-4-2/h4,6,12,18-19,22,28,30,33-34,37-38H,3,5,7-11,13-17,20-21,23-27,29,31-32H2,1-2H3,(H,36,39)/b6-4+,19-18-,22-12+,30-28+. The molecule has 2 atom stereocenters. The van der Waals surface area contributed by atoms with E-state index in [1.54, 1.807) is 6.08 Å². The van der Waals surface area contributed by atoms with Gasteiger partial charge < -0.3 is 15.5 Å². The first-order valence-electron chi connectivity index (χ1n) is 16.3. The van der Waals surface area contributed by atoms with Crippen LogP contribution in [0, 0.1) is 0 Å². The van der Waals surface area contributed by atoms with E-state index in [0.29, 0.717) is 6.42 Å². The lowest BCUT2D eigenvalue weighted by molar-refractivity contribution is -0.123. The Morgan fingerprint density at radius 2 is 1.10 bits per heavy atom. The lowest BCUT2D eigenvalue weighted by atomic mass is 10.1. The van der Waals surface area contributed by atoms with Crippen LogP contribution < -0.4 is 5.32 Å². The minimum Gasteiger partial charge on any atom is -0.394 e. The van der Waals surface area contributed by atoms with Gasteiger partial charge in [-0.05, 0) is 64.7 Å². The first-order valence-corrected chi connectivity index (χ1v) is 16.3. The van der Waals surface area contributed by atoms with E-state index in [-0.39, 0.29) is 12.5 Å². The van der Waals surface area contributed by atoms with E-state index < -0.39 is 12.1 Å². The lowest BCUT2D eigenvalue weighted by Gasteiger charge is -2.19. The molecule has 3 N–H and O–H groups in total. The van der Waals surface area contributed by atoms with Crippen LogP contribution in [0.25, 0.3) is 0 Å². The summed E-state index contributed by atoms with van der Waals surface area (Å²) in [6, 6.07) is -0.646. The zero-order chi connectivity index (χ0) is 28.7. The minimum absolute atomic E-state index is 0.0926. The Morgan fingerprint density at radius 3 is 1.64 bits per heavy atom. The monoisotopic (exact) mass is 545 g/mol. The molecule has 0 aromatic rings. The van der Waals surface area contributed by atoms with Gasteiger partial charge in [0.2, 0.25) is 5.91 Å². The van der Waals surface area contributed by atoms with Crippen LogP contribution >= 0.6 is 0 Å². The fourth-order valence-electron chi connectivity index (χ4n) is 4.56. The SMILES string of the molecule is C/C=C/CC/C=C/CC/C=C/C(O)C(CO)NC(=O)CCCCCCC/C=C\CCCCCCCCCCC. The number of allylic oxidation sites excluding steroid dienone is 7. The molecule has 0 saturated heterocycles. The number of carbonyl (C=O) groups excluding carboxylic acids is 1. The molecular weight excluding hydrogens is 482 g/mol. The molecule has 0 aliphatic carbocycles. The predicted octanol–water partition coefficient (Wildman–Crippen LogP) is 9.28. The van der Waals surface area contributed by atoms with Crippen LogP contribution in [0.1, 0.15) is 149 Å². The third-order valence-corrected chi connectivity index (χ3v) is 7.11. The second-order valence-corrected chi connectivity index (χ2v) is 10.9. The average molecular weight is 546 g/mol. The summed E-state index contributed by atoms with van der Waals surface area (Å²) in [5, 5.41) is 22.7. The number of rotatable bonds is 28. The molecule has 0 aliphatic rings. The number of aliphatic hydroxyl groups excluding tert-OH is 2. The van der Waals surface area contributed by atoms with Crippen molar-refractivity contribution in [1.29, 1.82) is 0 Å². The van der Waals surface area contributed by atoms with Crippen molar-refractivity contribution in [3.63, 3.8) is 0 Å². The molecule has 0 aliphatic heterocycles. The maximum absolute atomic E-state index is 12.2. The highest BCUT2D eigenvalue weighted by molar-refractivity contribution is 5.76. The molecule has 4 heteroatoms. The summed E-state index contributed by atoms with van der Waals surface area (Å²) in [6.45, 7) is 4.04. The fraction of sp³-hybridized carbons (Fsp3) is 0.743. The lowest BCUT2D eigenvalue weighted by Crippen LogP contribution is -2.45. The highest BCUT2D eigenvalue weighted by Gasteiger charge is 2.17. The van der Waals surface area contributed by atoms with Crippen molar-refractivity contribution < 1.29 is 15.0 Å². The Balaban J connectivity index is 3.66. The van der Waals surface area contributed by atoms with Gasteiger partial charge in [-0.2, -0.15) is 0 Å². The quantitative estimate of drug-likeness (QED) is 0.0677. The molecule has 2 unspecified atom stereocenters. The molecule has 0 spiro atoms. The number of hydrogen-bond acceptors (Lipinski definition) is 3. The zero-order valence-corrected chi connectivity index (χ0v) is 25.6. The van der Waals surface area contributed by atoms with E-state index in [0.717, 1.165) is 51.4 Å². The average Bonchev–Trinajstić information content (AvgIpc) is 2.94. The first-order chi connectivity index (χ1) is 19.2. The second-order valence-electron chi connectivity index (χ2n) is 10.9. The third kappa shape index (κ3) is 27.7. The van der Waals surface area contributed by atoms with Crippen molar-refractivity contribution in [3.8, 4) is 0 Å². The maximum atomic E-state index is 12.2. The van der Waals surface area contributed by atoms with E-state index in [1.807, 2.05) is 13.0 Å². The maximum Gasteiger partial charge on any atom is 0.220 e. The molecule has 0 rings (SSSR count). The highest BCUT2D eigenvalue weighted by Crippen LogP contribution is 2.12. The molecule has 0 aromatic carbocycles. The van der Waals surface area contributed by atoms with Crippen LogP contribution in [0.4, 0.5) is 0 Å². The van der Waals surface area contributed by atoms with E-state index >= 15 is 0 Å². The molecule has 226 valence electrons.